The Morgan fingerprint density at radius 3 is 2.61 bits per heavy atom. The van der Waals surface area contributed by atoms with Crippen LogP contribution in [-0.4, -0.2) is 39.6 Å². The average Bonchev–Trinajstić information content (AvgIpc) is 2.31. The van der Waals surface area contributed by atoms with Gasteiger partial charge in [-0.3, -0.25) is 4.90 Å². The van der Waals surface area contributed by atoms with Gasteiger partial charge in [-0.1, -0.05) is 12.1 Å². The fourth-order valence-electron chi connectivity index (χ4n) is 2.02. The number of hydrogen-bond acceptors (Lipinski definition) is 4. The molecule has 0 aromatic heterocycles. The van der Waals surface area contributed by atoms with Crippen molar-refractivity contribution in [2.24, 2.45) is 0 Å². The van der Waals surface area contributed by atoms with Gasteiger partial charge < -0.3 is 4.74 Å². The largest absolute Gasteiger partial charge is 0.379 e. The maximum Gasteiger partial charge on any atom is 0.261 e. The number of halogens is 1. The van der Waals surface area contributed by atoms with Crippen LogP contribution < -0.4 is 0 Å². The van der Waals surface area contributed by atoms with Crippen LogP contribution in [0.2, 0.25) is 0 Å². The minimum Gasteiger partial charge on any atom is -0.379 e. The van der Waals surface area contributed by atoms with Gasteiger partial charge in [-0.05, 0) is 24.1 Å². The average molecular weight is 290 g/mol. The summed E-state index contributed by atoms with van der Waals surface area (Å²) in [6, 6.07) is 5.40. The Hall–Kier alpha value is -0.620. The van der Waals surface area contributed by atoms with Gasteiger partial charge in [0.1, 0.15) is 0 Å². The van der Waals surface area contributed by atoms with E-state index in [4.69, 9.17) is 15.4 Å². The highest BCUT2D eigenvalue weighted by atomic mass is 35.7. The van der Waals surface area contributed by atoms with E-state index in [1.165, 1.54) is 0 Å². The fraction of sp³-hybridized carbons (Fsp3) is 0.500. The van der Waals surface area contributed by atoms with Crippen molar-refractivity contribution in [3.63, 3.8) is 0 Å². The summed E-state index contributed by atoms with van der Waals surface area (Å²) < 4.78 is 28.1. The first-order chi connectivity index (χ1) is 8.47. The van der Waals surface area contributed by atoms with Crippen LogP contribution in [0.5, 0.6) is 0 Å². The zero-order valence-corrected chi connectivity index (χ0v) is 11.8. The van der Waals surface area contributed by atoms with E-state index in [0.717, 1.165) is 38.4 Å². The van der Waals surface area contributed by atoms with Gasteiger partial charge in [0.15, 0.2) is 0 Å². The zero-order chi connectivity index (χ0) is 13.2. The monoisotopic (exact) mass is 289 g/mol. The van der Waals surface area contributed by atoms with Gasteiger partial charge in [0.2, 0.25) is 0 Å². The lowest BCUT2D eigenvalue weighted by molar-refractivity contribution is 0.0341. The third-order valence-corrected chi connectivity index (χ3v) is 4.49. The second-order valence-corrected chi connectivity index (χ2v) is 6.96. The van der Waals surface area contributed by atoms with E-state index in [1.54, 1.807) is 19.1 Å². The van der Waals surface area contributed by atoms with Crippen LogP contribution in [0.25, 0.3) is 0 Å². The van der Waals surface area contributed by atoms with Gasteiger partial charge in [-0.2, -0.15) is 0 Å². The van der Waals surface area contributed by atoms with Gasteiger partial charge in [0.05, 0.1) is 18.1 Å². The lowest BCUT2D eigenvalue weighted by atomic mass is 10.1. The summed E-state index contributed by atoms with van der Waals surface area (Å²) in [5, 5.41) is 0. The number of nitrogens with zero attached hydrogens (tertiary/aromatic N) is 1. The standard InChI is InChI=1S/C12H16ClNO3S/c1-10-2-3-11(8-12(10)18(13,15)16)9-14-4-6-17-7-5-14/h2-3,8H,4-7,9H2,1H3. The molecule has 0 N–H and O–H groups in total. The summed E-state index contributed by atoms with van der Waals surface area (Å²) in [7, 11) is 1.75. The molecule has 1 aromatic rings. The molecule has 4 nitrogen and oxygen atoms in total. The van der Waals surface area contributed by atoms with Crippen LogP contribution in [0.1, 0.15) is 11.1 Å². The zero-order valence-electron chi connectivity index (χ0n) is 10.2. The second kappa shape index (κ2) is 5.57. The molecule has 6 heteroatoms. The molecule has 1 aliphatic heterocycles. The molecule has 0 unspecified atom stereocenters. The summed E-state index contributed by atoms with van der Waals surface area (Å²) in [6.45, 7) is 5.67. The number of hydrogen-bond donors (Lipinski definition) is 0. The fourth-order valence-corrected chi connectivity index (χ4v) is 3.27. The van der Waals surface area contributed by atoms with E-state index < -0.39 is 9.05 Å². The lowest BCUT2D eigenvalue weighted by Gasteiger charge is -2.26. The third-order valence-electron chi connectivity index (χ3n) is 3.03. The maximum absolute atomic E-state index is 11.4. The van der Waals surface area contributed by atoms with E-state index >= 15 is 0 Å². The van der Waals surface area contributed by atoms with Crippen LogP contribution in [0.4, 0.5) is 0 Å². The summed E-state index contributed by atoms with van der Waals surface area (Å²) in [5.74, 6) is 0. The minimum absolute atomic E-state index is 0.204. The number of aryl methyl sites for hydroxylation is 1. The maximum atomic E-state index is 11.4. The molecule has 1 heterocycles. The third kappa shape index (κ3) is 3.45. The predicted octanol–water partition coefficient (Wildman–Crippen LogP) is 1.75. The molecule has 0 bridgehead atoms. The van der Waals surface area contributed by atoms with E-state index in [-0.39, 0.29) is 4.90 Å². The van der Waals surface area contributed by atoms with Crippen LogP contribution in [0.3, 0.4) is 0 Å². The summed E-state index contributed by atoms with van der Waals surface area (Å²) in [6.07, 6.45) is 0. The van der Waals surface area contributed by atoms with Crippen molar-refractivity contribution in [3.05, 3.63) is 29.3 Å². The molecule has 100 valence electrons. The highest BCUT2D eigenvalue weighted by molar-refractivity contribution is 8.13. The first-order valence-electron chi connectivity index (χ1n) is 5.81. The Balaban J connectivity index is 2.19. The quantitative estimate of drug-likeness (QED) is 0.796. The molecule has 1 aromatic carbocycles. The molecule has 0 amide bonds. The van der Waals surface area contributed by atoms with Gasteiger partial charge in [-0.25, -0.2) is 8.42 Å². The Kier molecular flexibility index (Phi) is 4.27. The van der Waals surface area contributed by atoms with Crippen LogP contribution in [0.15, 0.2) is 23.1 Å². The van der Waals surface area contributed by atoms with E-state index in [1.807, 2.05) is 6.07 Å². The van der Waals surface area contributed by atoms with Crippen molar-refractivity contribution in [1.29, 1.82) is 0 Å². The Morgan fingerprint density at radius 2 is 2.00 bits per heavy atom. The van der Waals surface area contributed by atoms with Gasteiger partial charge in [0.25, 0.3) is 9.05 Å². The second-order valence-electron chi connectivity index (χ2n) is 4.43. The summed E-state index contributed by atoms with van der Waals surface area (Å²) in [5.41, 5.74) is 1.64. The molecule has 0 radical (unpaired) electrons. The van der Waals surface area contributed by atoms with E-state index in [0.29, 0.717) is 5.56 Å². The van der Waals surface area contributed by atoms with Gasteiger partial charge in [0, 0.05) is 30.3 Å². The van der Waals surface area contributed by atoms with Gasteiger partial charge >= 0.3 is 0 Å². The van der Waals surface area contributed by atoms with Crippen molar-refractivity contribution in [1.82, 2.24) is 4.90 Å². The van der Waals surface area contributed by atoms with Crippen LogP contribution in [0, 0.1) is 6.92 Å². The Bertz CT molecular complexity index is 524. The van der Waals surface area contributed by atoms with Crippen molar-refractivity contribution >= 4 is 19.7 Å². The predicted molar refractivity (Wildman–Crippen MR) is 70.3 cm³/mol. The lowest BCUT2D eigenvalue weighted by Crippen LogP contribution is -2.35. The van der Waals surface area contributed by atoms with Crippen LogP contribution >= 0.6 is 10.7 Å². The van der Waals surface area contributed by atoms with Crippen molar-refractivity contribution in [2.45, 2.75) is 18.4 Å². The molecule has 1 saturated heterocycles. The molecule has 0 spiro atoms. The molecule has 0 aliphatic carbocycles. The number of benzene rings is 1. The molecule has 0 saturated carbocycles. The highest BCUT2D eigenvalue weighted by Gasteiger charge is 2.16. The molecular weight excluding hydrogens is 274 g/mol. The minimum atomic E-state index is -3.67. The molecule has 0 atom stereocenters. The van der Waals surface area contributed by atoms with Crippen molar-refractivity contribution in [2.75, 3.05) is 26.3 Å². The van der Waals surface area contributed by atoms with Gasteiger partial charge in [-0.15, -0.1) is 0 Å². The molecule has 1 fully saturated rings. The summed E-state index contributed by atoms with van der Waals surface area (Å²) in [4.78, 5) is 2.44. The van der Waals surface area contributed by atoms with Crippen molar-refractivity contribution < 1.29 is 13.2 Å². The first kappa shape index (κ1) is 13.8. The Morgan fingerprint density at radius 1 is 1.33 bits per heavy atom. The van der Waals surface area contributed by atoms with Crippen LogP contribution in [-0.2, 0) is 20.3 Å². The summed E-state index contributed by atoms with van der Waals surface area (Å²) >= 11 is 0. The Labute approximate surface area is 112 Å². The molecular formula is C12H16ClNO3S. The molecule has 18 heavy (non-hydrogen) atoms. The number of ether oxygens (including phenoxy) is 1. The number of rotatable bonds is 3. The first-order valence-corrected chi connectivity index (χ1v) is 8.12. The smallest absolute Gasteiger partial charge is 0.261 e. The van der Waals surface area contributed by atoms with E-state index in [9.17, 15) is 8.42 Å². The molecule has 1 aliphatic rings. The molecule has 2 rings (SSSR count). The van der Waals surface area contributed by atoms with E-state index in [2.05, 4.69) is 4.90 Å². The SMILES string of the molecule is Cc1ccc(CN2CCOCC2)cc1S(=O)(=O)Cl. The van der Waals surface area contributed by atoms with Crippen molar-refractivity contribution in [3.8, 4) is 0 Å². The highest BCUT2D eigenvalue weighted by Crippen LogP contribution is 2.21. The normalized spacial score (nSPS) is 17.9. The number of morpholine rings is 1. The topological polar surface area (TPSA) is 46.6 Å².